The van der Waals surface area contributed by atoms with Crippen molar-refractivity contribution in [1.29, 1.82) is 0 Å². The lowest BCUT2D eigenvalue weighted by Crippen LogP contribution is -2.37. The van der Waals surface area contributed by atoms with E-state index in [4.69, 9.17) is 9.52 Å². The Labute approximate surface area is 185 Å². The molecule has 1 atom stereocenters. The second-order valence-electron chi connectivity index (χ2n) is 6.77. The number of fused-ring (bicyclic) bond motifs is 1. The van der Waals surface area contributed by atoms with Crippen LogP contribution in [0.3, 0.4) is 0 Å². The van der Waals surface area contributed by atoms with Gasteiger partial charge in [0.2, 0.25) is 0 Å². The van der Waals surface area contributed by atoms with Crippen LogP contribution in [0.1, 0.15) is 10.4 Å². The molecular weight excluding hydrogens is 473 g/mol. The average Bonchev–Trinajstić information content (AvgIpc) is 3.18. The molecule has 166 valence electrons. The fourth-order valence-electron chi connectivity index (χ4n) is 3.03. The summed E-state index contributed by atoms with van der Waals surface area (Å²) in [5.41, 5.74) is 1.13. The summed E-state index contributed by atoms with van der Waals surface area (Å²) in [6.07, 6.45) is -4.87. The van der Waals surface area contributed by atoms with Gasteiger partial charge in [-0.2, -0.15) is 17.6 Å². The van der Waals surface area contributed by atoms with Crippen LogP contribution in [0, 0.1) is 12.7 Å². The van der Waals surface area contributed by atoms with Crippen molar-refractivity contribution in [3.63, 3.8) is 0 Å². The third-order valence-corrected chi connectivity index (χ3v) is 6.78. The van der Waals surface area contributed by atoms with Crippen LogP contribution in [0.2, 0.25) is 0 Å². The molecule has 2 heterocycles. The topological polar surface area (TPSA) is 63.3 Å². The molecule has 0 amide bonds. The Balaban J connectivity index is 1.72. The quantitative estimate of drug-likeness (QED) is 0.276. The van der Waals surface area contributed by atoms with E-state index in [0.717, 1.165) is 11.8 Å². The summed E-state index contributed by atoms with van der Waals surface area (Å²) in [6.45, 7) is 1.59. The maximum Gasteiger partial charge on any atom is 0.453 e. The molecule has 1 unspecified atom stereocenters. The molecular formula is C21H12F5NO3S2. The van der Waals surface area contributed by atoms with Crippen LogP contribution < -0.4 is 5.63 Å². The normalized spacial score (nSPS) is 14.0. The number of rotatable bonds is 4. The fourth-order valence-corrected chi connectivity index (χ4v) is 5.01. The molecule has 0 bridgehead atoms. The van der Waals surface area contributed by atoms with E-state index in [0.29, 0.717) is 44.5 Å². The molecule has 0 aliphatic rings. The summed E-state index contributed by atoms with van der Waals surface area (Å²) in [4.78, 5) is 15.5. The van der Waals surface area contributed by atoms with Gasteiger partial charge >= 0.3 is 17.7 Å². The van der Waals surface area contributed by atoms with Crippen LogP contribution >= 0.6 is 23.1 Å². The van der Waals surface area contributed by atoms with Gasteiger partial charge in [0.1, 0.15) is 11.4 Å². The summed E-state index contributed by atoms with van der Waals surface area (Å²) in [5.74, 6) is -4.92. The predicted molar refractivity (Wildman–Crippen MR) is 110 cm³/mol. The molecule has 11 heteroatoms. The highest BCUT2D eigenvalue weighted by atomic mass is 32.2. The summed E-state index contributed by atoms with van der Waals surface area (Å²) < 4.78 is 70.5. The molecule has 0 aliphatic heterocycles. The Morgan fingerprint density at radius 1 is 1.09 bits per heavy atom. The van der Waals surface area contributed by atoms with Crippen LogP contribution in [-0.4, -0.2) is 16.3 Å². The van der Waals surface area contributed by atoms with Gasteiger partial charge in [0, 0.05) is 27.6 Å². The number of benzene rings is 2. The smallest absolute Gasteiger partial charge is 0.422 e. The molecule has 2 aromatic carbocycles. The van der Waals surface area contributed by atoms with Gasteiger partial charge in [0.15, 0.2) is 4.34 Å². The van der Waals surface area contributed by atoms with E-state index >= 15 is 0 Å². The molecule has 4 nitrogen and oxygen atoms in total. The highest BCUT2D eigenvalue weighted by Crippen LogP contribution is 2.44. The molecule has 0 saturated heterocycles. The SMILES string of the molecule is Cc1c(-c2ccc(F)cc2)c2ccc(Sc3ncc(C(O)(F)C(F)(F)F)s3)cc2oc1=O. The summed E-state index contributed by atoms with van der Waals surface area (Å²) in [7, 11) is 0. The lowest BCUT2D eigenvalue weighted by molar-refractivity contribution is -0.322. The minimum absolute atomic E-state index is 0.0490. The highest BCUT2D eigenvalue weighted by molar-refractivity contribution is 8.01. The fraction of sp³-hybridized carbons (Fsp3) is 0.143. The van der Waals surface area contributed by atoms with Crippen molar-refractivity contribution in [2.45, 2.75) is 28.2 Å². The maximum absolute atomic E-state index is 13.7. The van der Waals surface area contributed by atoms with Crippen LogP contribution in [0.15, 0.2) is 67.1 Å². The first-order valence-corrected chi connectivity index (χ1v) is 10.6. The standard InChI is InChI=1S/C21H12F5NO3S2/c1-10-17(11-2-4-12(22)5-3-11)14-7-6-13(8-15(14)30-18(10)28)31-19-27-9-16(32-19)20(23,29)21(24,25)26/h2-9,29H,1H3. The minimum atomic E-state index is -5.50. The molecule has 0 spiro atoms. The van der Waals surface area contributed by atoms with Crippen molar-refractivity contribution in [3.8, 4) is 11.1 Å². The first-order valence-electron chi connectivity index (χ1n) is 8.93. The van der Waals surface area contributed by atoms with Crippen LogP contribution in [0.4, 0.5) is 22.0 Å². The van der Waals surface area contributed by atoms with Crippen LogP contribution in [0.5, 0.6) is 0 Å². The summed E-state index contributed by atoms with van der Waals surface area (Å²) in [6, 6.07) is 10.4. The Kier molecular flexibility index (Phi) is 5.60. The van der Waals surface area contributed by atoms with E-state index in [1.54, 1.807) is 19.1 Å². The number of hydrogen-bond donors (Lipinski definition) is 1. The van der Waals surface area contributed by atoms with Crippen molar-refractivity contribution in [3.05, 3.63) is 75.3 Å². The first kappa shape index (κ1) is 22.4. The Hall–Kier alpha value is -2.76. The van der Waals surface area contributed by atoms with Gasteiger partial charge in [-0.1, -0.05) is 23.9 Å². The van der Waals surface area contributed by atoms with E-state index in [1.165, 1.54) is 30.3 Å². The number of alkyl halides is 4. The highest BCUT2D eigenvalue weighted by Gasteiger charge is 2.57. The van der Waals surface area contributed by atoms with E-state index in [-0.39, 0.29) is 9.92 Å². The molecule has 1 N–H and O–H groups in total. The van der Waals surface area contributed by atoms with Crippen molar-refractivity contribution in [2.75, 3.05) is 0 Å². The Morgan fingerprint density at radius 3 is 2.44 bits per heavy atom. The van der Waals surface area contributed by atoms with Crippen molar-refractivity contribution in [2.24, 2.45) is 0 Å². The van der Waals surface area contributed by atoms with Crippen LogP contribution in [-0.2, 0) is 5.85 Å². The van der Waals surface area contributed by atoms with Gasteiger partial charge < -0.3 is 9.52 Å². The number of hydrogen-bond acceptors (Lipinski definition) is 6. The Bertz CT molecular complexity index is 1360. The van der Waals surface area contributed by atoms with Crippen molar-refractivity contribution >= 4 is 34.1 Å². The zero-order valence-corrected chi connectivity index (χ0v) is 17.7. The first-order chi connectivity index (χ1) is 15.0. The molecule has 0 aliphatic carbocycles. The zero-order valence-electron chi connectivity index (χ0n) is 16.0. The third kappa shape index (κ3) is 4.03. The monoisotopic (exact) mass is 485 g/mol. The number of nitrogens with zero attached hydrogens (tertiary/aromatic N) is 1. The Morgan fingerprint density at radius 2 is 1.78 bits per heavy atom. The second-order valence-corrected chi connectivity index (χ2v) is 9.12. The second kappa shape index (κ2) is 7.98. The molecule has 0 saturated carbocycles. The predicted octanol–water partition coefficient (Wildman–Crippen LogP) is 6.19. The summed E-state index contributed by atoms with van der Waals surface area (Å²) >= 11 is 1.27. The van der Waals surface area contributed by atoms with Crippen molar-refractivity contribution in [1.82, 2.24) is 4.98 Å². The molecule has 32 heavy (non-hydrogen) atoms. The number of aromatic nitrogens is 1. The van der Waals surface area contributed by atoms with Gasteiger partial charge in [-0.3, -0.25) is 0 Å². The molecule has 2 aromatic heterocycles. The lowest BCUT2D eigenvalue weighted by Gasteiger charge is -2.19. The molecule has 0 radical (unpaired) electrons. The third-order valence-electron chi connectivity index (χ3n) is 4.63. The van der Waals surface area contributed by atoms with Gasteiger partial charge in [-0.15, -0.1) is 11.3 Å². The van der Waals surface area contributed by atoms with E-state index in [9.17, 15) is 26.7 Å². The van der Waals surface area contributed by atoms with Gasteiger partial charge in [-0.05, 0) is 42.8 Å². The minimum Gasteiger partial charge on any atom is -0.422 e. The average molecular weight is 485 g/mol. The number of aliphatic hydroxyl groups is 1. The van der Waals surface area contributed by atoms with E-state index in [1.807, 2.05) is 0 Å². The van der Waals surface area contributed by atoms with Gasteiger partial charge in [0.05, 0.1) is 4.88 Å². The van der Waals surface area contributed by atoms with Crippen LogP contribution in [0.25, 0.3) is 22.1 Å². The van der Waals surface area contributed by atoms with Gasteiger partial charge in [-0.25, -0.2) is 14.2 Å². The zero-order chi connectivity index (χ0) is 23.3. The molecule has 0 fully saturated rings. The van der Waals surface area contributed by atoms with E-state index in [2.05, 4.69) is 4.98 Å². The van der Waals surface area contributed by atoms with Gasteiger partial charge in [0.25, 0.3) is 0 Å². The molecule has 4 aromatic rings. The lowest BCUT2D eigenvalue weighted by atomic mass is 9.98. The maximum atomic E-state index is 13.7. The van der Waals surface area contributed by atoms with Crippen molar-refractivity contribution < 1.29 is 31.5 Å². The van der Waals surface area contributed by atoms with E-state index < -0.39 is 28.4 Å². The summed E-state index contributed by atoms with van der Waals surface area (Å²) in [5, 5.41) is 9.73. The molecule has 4 rings (SSSR count). The number of thiazole rings is 1. The number of halogens is 5. The largest absolute Gasteiger partial charge is 0.453 e.